The molecule has 1 aliphatic rings. The molecule has 3 nitrogen and oxygen atoms in total. The van der Waals surface area contributed by atoms with Crippen molar-refractivity contribution in [1.82, 2.24) is 4.90 Å². The molecule has 1 aromatic rings. The molecule has 0 bridgehead atoms. The van der Waals surface area contributed by atoms with Gasteiger partial charge in [0.25, 0.3) is 0 Å². The third kappa shape index (κ3) is 5.22. The zero-order valence-corrected chi connectivity index (χ0v) is 14.1. The Morgan fingerprint density at radius 3 is 2.65 bits per heavy atom. The second kappa shape index (κ2) is 8.85. The number of para-hydroxylation sites is 1. The molecule has 1 N–H and O–H groups in total. The summed E-state index contributed by atoms with van der Waals surface area (Å²) in [6, 6.07) is 8.07. The van der Waals surface area contributed by atoms with Gasteiger partial charge in [0.2, 0.25) is 0 Å². The second-order valence-corrected chi connectivity index (χ2v) is 6.54. The molecule has 1 fully saturated rings. The highest BCUT2D eigenvalue weighted by Crippen LogP contribution is 2.23. The Morgan fingerprint density at radius 1 is 1.20 bits per heavy atom. The van der Waals surface area contributed by atoms with Gasteiger partial charge in [0.05, 0.1) is 3.57 Å². The number of rotatable bonds is 8. The van der Waals surface area contributed by atoms with Crippen LogP contribution in [0.4, 0.5) is 0 Å². The Balaban J connectivity index is 1.78. The highest BCUT2D eigenvalue weighted by molar-refractivity contribution is 14.1. The van der Waals surface area contributed by atoms with E-state index in [4.69, 9.17) is 4.74 Å². The molecule has 20 heavy (non-hydrogen) atoms. The summed E-state index contributed by atoms with van der Waals surface area (Å²) in [6.07, 6.45) is 5.69. The van der Waals surface area contributed by atoms with E-state index >= 15 is 0 Å². The molecule has 1 aliphatic heterocycles. The molecule has 0 unspecified atom stereocenters. The lowest BCUT2D eigenvalue weighted by Crippen LogP contribution is -2.24. The van der Waals surface area contributed by atoms with Gasteiger partial charge >= 0.3 is 0 Å². The average molecular weight is 389 g/mol. The summed E-state index contributed by atoms with van der Waals surface area (Å²) < 4.78 is 7.20. The first-order chi connectivity index (χ1) is 9.79. The van der Waals surface area contributed by atoms with Crippen LogP contribution in [0.15, 0.2) is 24.3 Å². The Labute approximate surface area is 135 Å². The quantitative estimate of drug-likeness (QED) is 0.693. The number of nitrogens with zero attached hydrogens (tertiary/aromatic N) is 1. The van der Waals surface area contributed by atoms with Crippen molar-refractivity contribution in [3.63, 3.8) is 0 Å². The summed E-state index contributed by atoms with van der Waals surface area (Å²) in [6.45, 7) is 3.86. The van der Waals surface area contributed by atoms with Crippen molar-refractivity contribution in [2.24, 2.45) is 0 Å². The molecule has 1 aromatic carbocycles. The van der Waals surface area contributed by atoms with Gasteiger partial charge in [0, 0.05) is 13.0 Å². The molecule has 112 valence electrons. The normalized spacial score (nSPS) is 17.3. The van der Waals surface area contributed by atoms with Gasteiger partial charge in [-0.25, -0.2) is 0 Å². The number of aliphatic hydroxyl groups is 1. The monoisotopic (exact) mass is 389 g/mol. The molecule has 1 heterocycles. The van der Waals surface area contributed by atoms with Gasteiger partial charge in [-0.05, 0) is 80.0 Å². The summed E-state index contributed by atoms with van der Waals surface area (Å²) in [5.74, 6) is 0.938. The van der Waals surface area contributed by atoms with Gasteiger partial charge in [-0.15, -0.1) is 0 Å². The number of halogens is 1. The molecule has 2 rings (SSSR count). The lowest BCUT2D eigenvalue weighted by Gasteiger charge is -2.21. The van der Waals surface area contributed by atoms with Crippen molar-refractivity contribution in [1.29, 1.82) is 0 Å². The molecule has 0 aliphatic carbocycles. The predicted molar refractivity (Wildman–Crippen MR) is 90.2 cm³/mol. The van der Waals surface area contributed by atoms with E-state index in [-0.39, 0.29) is 12.7 Å². The highest BCUT2D eigenvalue weighted by Gasteiger charge is 2.14. The van der Waals surface area contributed by atoms with Crippen LogP contribution in [0.2, 0.25) is 0 Å². The summed E-state index contributed by atoms with van der Waals surface area (Å²) >= 11 is 2.29. The van der Waals surface area contributed by atoms with E-state index in [1.54, 1.807) is 0 Å². The van der Waals surface area contributed by atoms with Crippen LogP contribution in [0.5, 0.6) is 5.75 Å². The summed E-state index contributed by atoms with van der Waals surface area (Å²) in [5.41, 5.74) is 0. The maximum Gasteiger partial charge on any atom is 0.133 e. The first kappa shape index (κ1) is 16.0. The third-order valence-corrected chi connectivity index (χ3v) is 4.67. The van der Waals surface area contributed by atoms with E-state index in [9.17, 15) is 5.11 Å². The summed E-state index contributed by atoms with van der Waals surface area (Å²) in [4.78, 5) is 2.53. The van der Waals surface area contributed by atoms with E-state index in [1.807, 2.05) is 18.2 Å². The minimum atomic E-state index is 0.124. The highest BCUT2D eigenvalue weighted by atomic mass is 127. The molecule has 4 heteroatoms. The maximum absolute atomic E-state index is 9.20. The van der Waals surface area contributed by atoms with Crippen LogP contribution in [-0.4, -0.2) is 42.4 Å². The summed E-state index contributed by atoms with van der Waals surface area (Å²) in [5, 5.41) is 9.20. The fraction of sp³-hybridized carbons (Fsp3) is 0.625. The van der Waals surface area contributed by atoms with Crippen molar-refractivity contribution in [3.8, 4) is 5.75 Å². The molecule has 0 spiro atoms. The van der Waals surface area contributed by atoms with Crippen LogP contribution in [0.25, 0.3) is 0 Å². The van der Waals surface area contributed by atoms with Crippen LogP contribution in [0, 0.1) is 3.57 Å². The maximum atomic E-state index is 9.20. The fourth-order valence-electron chi connectivity index (χ4n) is 2.67. The van der Waals surface area contributed by atoms with Crippen molar-refractivity contribution in [3.05, 3.63) is 27.8 Å². The number of aliphatic hydroxyl groups excluding tert-OH is 1. The zero-order valence-electron chi connectivity index (χ0n) is 11.9. The van der Waals surface area contributed by atoms with E-state index in [0.717, 1.165) is 28.7 Å². The van der Waals surface area contributed by atoms with Crippen molar-refractivity contribution in [2.45, 2.75) is 38.2 Å². The Morgan fingerprint density at radius 2 is 1.95 bits per heavy atom. The number of hydrogen-bond acceptors (Lipinski definition) is 3. The standard InChI is InChI=1S/C16H24INO2/c17-15-7-1-2-8-16(15)20-14(9-13-19)6-5-12-18-10-3-4-11-18/h1-2,7-8,14,19H,3-6,9-13H2/t14-/m1/s1. The SMILES string of the molecule is OCC[C@@H](CCCN1CCCC1)Oc1ccccc1I. The van der Waals surface area contributed by atoms with E-state index in [1.165, 1.54) is 25.9 Å². The van der Waals surface area contributed by atoms with Gasteiger partial charge in [0.1, 0.15) is 11.9 Å². The van der Waals surface area contributed by atoms with Gasteiger partial charge in [-0.1, -0.05) is 12.1 Å². The molecule has 1 saturated heterocycles. The smallest absolute Gasteiger partial charge is 0.133 e. The molecule has 0 radical (unpaired) electrons. The topological polar surface area (TPSA) is 32.7 Å². The minimum absolute atomic E-state index is 0.124. The molecule has 0 saturated carbocycles. The van der Waals surface area contributed by atoms with E-state index < -0.39 is 0 Å². The zero-order chi connectivity index (χ0) is 14.2. The summed E-state index contributed by atoms with van der Waals surface area (Å²) in [7, 11) is 0. The molecule has 1 atom stereocenters. The van der Waals surface area contributed by atoms with Crippen LogP contribution >= 0.6 is 22.6 Å². The first-order valence-corrected chi connectivity index (χ1v) is 8.62. The van der Waals surface area contributed by atoms with Crippen molar-refractivity contribution < 1.29 is 9.84 Å². The largest absolute Gasteiger partial charge is 0.489 e. The molecular formula is C16H24INO2. The molecule has 0 aromatic heterocycles. The number of likely N-dealkylation sites (tertiary alicyclic amines) is 1. The van der Waals surface area contributed by atoms with Crippen LogP contribution in [0.1, 0.15) is 32.1 Å². The number of ether oxygens (including phenoxy) is 1. The van der Waals surface area contributed by atoms with Crippen LogP contribution < -0.4 is 4.74 Å². The average Bonchev–Trinajstić information content (AvgIpc) is 2.95. The predicted octanol–water partition coefficient (Wildman–Crippen LogP) is 3.30. The Bertz CT molecular complexity index is 394. The van der Waals surface area contributed by atoms with Crippen LogP contribution in [-0.2, 0) is 0 Å². The number of hydrogen-bond donors (Lipinski definition) is 1. The van der Waals surface area contributed by atoms with E-state index in [2.05, 4.69) is 33.6 Å². The van der Waals surface area contributed by atoms with Crippen LogP contribution in [0.3, 0.4) is 0 Å². The lowest BCUT2D eigenvalue weighted by atomic mass is 10.1. The van der Waals surface area contributed by atoms with Gasteiger partial charge < -0.3 is 14.7 Å². The van der Waals surface area contributed by atoms with Gasteiger partial charge in [-0.3, -0.25) is 0 Å². The van der Waals surface area contributed by atoms with E-state index in [0.29, 0.717) is 6.42 Å². The third-order valence-electron chi connectivity index (χ3n) is 3.78. The first-order valence-electron chi connectivity index (χ1n) is 7.54. The fourth-order valence-corrected chi connectivity index (χ4v) is 3.19. The molecule has 0 amide bonds. The second-order valence-electron chi connectivity index (χ2n) is 5.37. The van der Waals surface area contributed by atoms with Crippen molar-refractivity contribution >= 4 is 22.6 Å². The van der Waals surface area contributed by atoms with Crippen molar-refractivity contribution in [2.75, 3.05) is 26.2 Å². The van der Waals surface area contributed by atoms with Gasteiger partial charge in [0.15, 0.2) is 0 Å². The lowest BCUT2D eigenvalue weighted by molar-refractivity contribution is 0.139. The minimum Gasteiger partial charge on any atom is -0.489 e. The molecular weight excluding hydrogens is 365 g/mol. The number of benzene rings is 1. The van der Waals surface area contributed by atoms with Gasteiger partial charge in [-0.2, -0.15) is 0 Å². The Hall–Kier alpha value is -0.330. The Kier molecular flexibility index (Phi) is 7.10.